The number of fused-ring (bicyclic) bond motifs is 1. The molecule has 4 nitrogen and oxygen atoms in total. The number of halogens is 1. The molecule has 0 radical (unpaired) electrons. The highest BCUT2D eigenvalue weighted by molar-refractivity contribution is 7.10. The fraction of sp³-hybridized carbons (Fsp3) is 0.250. The van der Waals surface area contributed by atoms with Crippen LogP contribution in [-0.4, -0.2) is 26.1 Å². The Labute approximate surface area is 171 Å². The van der Waals surface area contributed by atoms with Crippen LogP contribution in [0.1, 0.15) is 21.4 Å². The van der Waals surface area contributed by atoms with E-state index in [0.717, 1.165) is 13.0 Å². The van der Waals surface area contributed by atoms with Gasteiger partial charge in [0, 0.05) is 21.9 Å². The summed E-state index contributed by atoms with van der Waals surface area (Å²) >= 11 is 9.64. The van der Waals surface area contributed by atoms with Gasteiger partial charge in [0.25, 0.3) is 5.91 Å². The smallest absolute Gasteiger partial charge is 0.279 e. The molecule has 2 atom stereocenters. The molecule has 0 bridgehead atoms. The number of hydrogen-bond donors (Lipinski definition) is 2. The number of carbonyl (C=O) groups excluding carboxylic acids is 1. The Hall–Kier alpha value is -1.86. The number of thiophene rings is 2. The summed E-state index contributed by atoms with van der Waals surface area (Å²) < 4.78 is 5.33. The number of nitrogens with one attached hydrogen (secondary N) is 2. The number of quaternary nitrogens is 1. The summed E-state index contributed by atoms with van der Waals surface area (Å²) in [4.78, 5) is 16.8. The molecule has 2 N–H and O–H groups in total. The van der Waals surface area contributed by atoms with Crippen molar-refractivity contribution >= 4 is 45.9 Å². The van der Waals surface area contributed by atoms with Crippen LogP contribution in [0.5, 0.6) is 5.75 Å². The fourth-order valence-electron chi connectivity index (χ4n) is 3.63. The summed E-state index contributed by atoms with van der Waals surface area (Å²) in [5.41, 5.74) is 1.96. The molecule has 0 saturated carbocycles. The molecule has 7 heteroatoms. The second-order valence-corrected chi connectivity index (χ2v) is 8.89. The molecule has 0 fully saturated rings. The van der Waals surface area contributed by atoms with E-state index in [1.54, 1.807) is 36.6 Å². The third kappa shape index (κ3) is 3.89. The van der Waals surface area contributed by atoms with Gasteiger partial charge in [-0.05, 0) is 41.1 Å². The van der Waals surface area contributed by atoms with Gasteiger partial charge in [-0.3, -0.25) is 4.79 Å². The minimum Gasteiger partial charge on any atom is -0.495 e. The Balaban J connectivity index is 1.55. The van der Waals surface area contributed by atoms with Gasteiger partial charge in [-0.1, -0.05) is 17.7 Å². The van der Waals surface area contributed by atoms with Crippen molar-refractivity contribution in [3.05, 3.63) is 67.5 Å². The highest BCUT2D eigenvalue weighted by atomic mass is 35.5. The molecular weight excluding hydrogens is 400 g/mol. The number of carbonyl (C=O) groups is 1. The zero-order chi connectivity index (χ0) is 18.8. The monoisotopic (exact) mass is 419 g/mol. The Morgan fingerprint density at radius 3 is 2.96 bits per heavy atom. The molecule has 1 aromatic carbocycles. The minimum atomic E-state index is -0.0363. The van der Waals surface area contributed by atoms with E-state index in [-0.39, 0.29) is 11.9 Å². The van der Waals surface area contributed by atoms with Crippen molar-refractivity contribution in [2.45, 2.75) is 12.5 Å². The summed E-state index contributed by atoms with van der Waals surface area (Å²) in [5.74, 6) is 0.571. The van der Waals surface area contributed by atoms with Gasteiger partial charge in [-0.25, -0.2) is 0 Å². The summed E-state index contributed by atoms with van der Waals surface area (Å²) in [5, 5.41) is 7.80. The van der Waals surface area contributed by atoms with Crippen LogP contribution in [0.15, 0.2) is 47.2 Å². The quantitative estimate of drug-likeness (QED) is 0.663. The van der Waals surface area contributed by atoms with Gasteiger partial charge in [-0.2, -0.15) is 0 Å². The van der Waals surface area contributed by atoms with Crippen LogP contribution < -0.4 is 15.0 Å². The van der Waals surface area contributed by atoms with E-state index < -0.39 is 0 Å². The lowest BCUT2D eigenvalue weighted by atomic mass is 9.98. The standard InChI is InChI=1S/C20H19ClN2O2S2/c1-25-16-5-4-13(21)11-15(16)22-19(24)12-23-8-6-17-14(7-10-27-17)20(23)18-3-2-9-26-18/h2-5,7,9-11,20H,6,8,12H2,1H3,(H,22,24)/p+1/t20-/m0/s1. The van der Waals surface area contributed by atoms with Crippen molar-refractivity contribution < 1.29 is 14.4 Å². The molecule has 1 unspecified atom stereocenters. The zero-order valence-corrected chi connectivity index (χ0v) is 17.2. The van der Waals surface area contributed by atoms with Crippen molar-refractivity contribution in [2.75, 3.05) is 25.5 Å². The lowest BCUT2D eigenvalue weighted by Crippen LogP contribution is -3.14. The maximum absolute atomic E-state index is 12.8. The lowest BCUT2D eigenvalue weighted by Gasteiger charge is -2.31. The molecule has 1 amide bonds. The summed E-state index contributed by atoms with van der Waals surface area (Å²) in [6, 6.07) is 11.9. The number of benzene rings is 1. The summed E-state index contributed by atoms with van der Waals surface area (Å²) in [6.07, 6.45) is 1.01. The summed E-state index contributed by atoms with van der Waals surface area (Å²) in [7, 11) is 1.58. The number of ether oxygens (including phenoxy) is 1. The normalized spacial score (nSPS) is 18.7. The lowest BCUT2D eigenvalue weighted by molar-refractivity contribution is -0.919. The maximum atomic E-state index is 12.8. The molecule has 1 aliphatic heterocycles. The number of methoxy groups -OCH3 is 1. The number of rotatable bonds is 5. The molecule has 4 rings (SSSR count). The molecule has 3 heterocycles. The van der Waals surface area contributed by atoms with Gasteiger partial charge in [-0.15, -0.1) is 22.7 Å². The first-order valence-electron chi connectivity index (χ1n) is 8.73. The molecule has 1 aliphatic rings. The average molecular weight is 420 g/mol. The van der Waals surface area contributed by atoms with E-state index >= 15 is 0 Å². The van der Waals surface area contributed by atoms with Crippen LogP contribution in [0, 0.1) is 0 Å². The van der Waals surface area contributed by atoms with Crippen LogP contribution in [0.25, 0.3) is 0 Å². The SMILES string of the molecule is COc1ccc(Cl)cc1NC(=O)C[NH+]1CCc2sccc2[C@H]1c1cccs1. The van der Waals surface area contributed by atoms with Crippen LogP contribution in [0.2, 0.25) is 5.02 Å². The second kappa shape index (κ2) is 8.02. The first-order chi connectivity index (χ1) is 13.2. The van der Waals surface area contributed by atoms with E-state index in [9.17, 15) is 4.79 Å². The van der Waals surface area contributed by atoms with Crippen molar-refractivity contribution in [1.82, 2.24) is 0 Å². The first-order valence-corrected chi connectivity index (χ1v) is 10.9. The molecule has 0 spiro atoms. The largest absolute Gasteiger partial charge is 0.495 e. The van der Waals surface area contributed by atoms with Crippen LogP contribution in [-0.2, 0) is 11.2 Å². The van der Waals surface area contributed by atoms with E-state index in [4.69, 9.17) is 16.3 Å². The number of anilines is 1. The maximum Gasteiger partial charge on any atom is 0.279 e. The molecule has 140 valence electrons. The molecule has 27 heavy (non-hydrogen) atoms. The van der Waals surface area contributed by atoms with E-state index in [2.05, 4.69) is 34.3 Å². The van der Waals surface area contributed by atoms with E-state index in [1.807, 2.05) is 11.3 Å². The average Bonchev–Trinajstić information content (AvgIpc) is 3.33. The van der Waals surface area contributed by atoms with Gasteiger partial charge >= 0.3 is 0 Å². The number of amides is 1. The fourth-order valence-corrected chi connectivity index (χ4v) is 5.62. The molecule has 0 aliphatic carbocycles. The predicted octanol–water partition coefficient (Wildman–Crippen LogP) is 3.64. The predicted molar refractivity (Wildman–Crippen MR) is 112 cm³/mol. The van der Waals surface area contributed by atoms with Crippen molar-refractivity contribution in [2.24, 2.45) is 0 Å². The van der Waals surface area contributed by atoms with Crippen LogP contribution in [0.3, 0.4) is 0 Å². The van der Waals surface area contributed by atoms with Crippen molar-refractivity contribution in [3.63, 3.8) is 0 Å². The molecule has 3 aromatic rings. The van der Waals surface area contributed by atoms with Crippen molar-refractivity contribution in [1.29, 1.82) is 0 Å². The van der Waals surface area contributed by atoms with Crippen molar-refractivity contribution in [3.8, 4) is 5.75 Å². The Morgan fingerprint density at radius 2 is 2.19 bits per heavy atom. The van der Waals surface area contributed by atoms with Gasteiger partial charge < -0.3 is 15.0 Å². The molecule has 0 saturated heterocycles. The summed E-state index contributed by atoms with van der Waals surface area (Å²) in [6.45, 7) is 1.34. The molecule has 2 aromatic heterocycles. The third-order valence-electron chi connectivity index (χ3n) is 4.82. The van der Waals surface area contributed by atoms with E-state index in [0.29, 0.717) is 23.0 Å². The Morgan fingerprint density at radius 1 is 1.30 bits per heavy atom. The second-order valence-electron chi connectivity index (χ2n) is 6.48. The topological polar surface area (TPSA) is 42.8 Å². The molecular formula is C20H20ClN2O2S2+. The Bertz CT molecular complexity index is 939. The van der Waals surface area contributed by atoms with Gasteiger partial charge in [0.05, 0.1) is 24.2 Å². The zero-order valence-electron chi connectivity index (χ0n) is 14.8. The number of hydrogen-bond acceptors (Lipinski definition) is 4. The van der Waals surface area contributed by atoms with Crippen LogP contribution in [0.4, 0.5) is 5.69 Å². The first kappa shape index (κ1) is 18.5. The third-order valence-corrected chi connectivity index (χ3v) is 6.99. The van der Waals surface area contributed by atoms with E-state index in [1.165, 1.54) is 20.2 Å². The highest BCUT2D eigenvalue weighted by Gasteiger charge is 2.35. The van der Waals surface area contributed by atoms with Crippen LogP contribution >= 0.6 is 34.3 Å². The van der Waals surface area contributed by atoms with Gasteiger partial charge in [0.1, 0.15) is 11.8 Å². The van der Waals surface area contributed by atoms with Gasteiger partial charge in [0.15, 0.2) is 6.54 Å². The minimum absolute atomic E-state index is 0.0363. The highest BCUT2D eigenvalue weighted by Crippen LogP contribution is 2.32. The van der Waals surface area contributed by atoms with Gasteiger partial charge in [0.2, 0.25) is 0 Å². The Kier molecular flexibility index (Phi) is 5.50.